The van der Waals surface area contributed by atoms with Crippen molar-refractivity contribution in [1.29, 1.82) is 0 Å². The average Bonchev–Trinajstić information content (AvgIpc) is 2.21. The Morgan fingerprint density at radius 2 is 2.00 bits per heavy atom. The minimum atomic E-state index is 0.362. The first kappa shape index (κ1) is 12.5. The van der Waals surface area contributed by atoms with Crippen LogP contribution in [0.25, 0.3) is 0 Å². The lowest BCUT2D eigenvalue weighted by atomic mass is 9.95. The second-order valence-electron chi connectivity index (χ2n) is 4.05. The quantitative estimate of drug-likeness (QED) is 0.835. The van der Waals surface area contributed by atoms with Gasteiger partial charge >= 0.3 is 0 Å². The Hall–Kier alpha value is -0.570. The summed E-state index contributed by atoms with van der Waals surface area (Å²) in [6.45, 7) is 1.69. The highest BCUT2D eigenvalue weighted by Crippen LogP contribution is 2.26. The maximum Gasteiger partial charge on any atom is 0.0441 e. The molecule has 0 bridgehead atoms. The SMILES string of the molecule is CN(C)CCC(CN)c1ccccc1Cl. The monoisotopic (exact) mass is 226 g/mol. The van der Waals surface area contributed by atoms with Gasteiger partial charge in [0.2, 0.25) is 0 Å². The molecule has 0 aliphatic carbocycles. The fourth-order valence-electron chi connectivity index (χ4n) is 1.62. The van der Waals surface area contributed by atoms with E-state index in [4.69, 9.17) is 17.3 Å². The van der Waals surface area contributed by atoms with E-state index >= 15 is 0 Å². The van der Waals surface area contributed by atoms with Crippen molar-refractivity contribution in [3.8, 4) is 0 Å². The fraction of sp³-hybridized carbons (Fsp3) is 0.500. The molecule has 0 heterocycles. The molecule has 0 aliphatic rings. The van der Waals surface area contributed by atoms with E-state index in [9.17, 15) is 0 Å². The molecular weight excluding hydrogens is 208 g/mol. The van der Waals surface area contributed by atoms with Crippen molar-refractivity contribution in [1.82, 2.24) is 4.90 Å². The summed E-state index contributed by atoms with van der Waals surface area (Å²) in [5.74, 6) is 0.362. The van der Waals surface area contributed by atoms with Crippen LogP contribution in [0, 0.1) is 0 Å². The molecule has 0 amide bonds. The Labute approximate surface area is 97.0 Å². The van der Waals surface area contributed by atoms with Crippen LogP contribution in [0.2, 0.25) is 5.02 Å². The van der Waals surface area contributed by atoms with Crippen molar-refractivity contribution in [2.24, 2.45) is 5.73 Å². The van der Waals surface area contributed by atoms with Crippen molar-refractivity contribution in [2.45, 2.75) is 12.3 Å². The van der Waals surface area contributed by atoms with E-state index in [1.54, 1.807) is 0 Å². The zero-order valence-electron chi connectivity index (χ0n) is 9.41. The number of hydrogen-bond donors (Lipinski definition) is 1. The van der Waals surface area contributed by atoms with Gasteiger partial charge in [0.15, 0.2) is 0 Å². The van der Waals surface area contributed by atoms with Crippen LogP contribution in [0.15, 0.2) is 24.3 Å². The van der Waals surface area contributed by atoms with Gasteiger partial charge in [0.1, 0.15) is 0 Å². The first-order valence-electron chi connectivity index (χ1n) is 5.24. The Balaban J connectivity index is 2.70. The predicted octanol–water partition coefficient (Wildman–Crippen LogP) is 2.33. The molecule has 0 aliphatic heterocycles. The Morgan fingerprint density at radius 3 is 2.53 bits per heavy atom. The van der Waals surface area contributed by atoms with Gasteiger partial charge in [0, 0.05) is 5.02 Å². The van der Waals surface area contributed by atoms with Crippen molar-refractivity contribution in [3.63, 3.8) is 0 Å². The molecule has 84 valence electrons. The fourth-order valence-corrected chi connectivity index (χ4v) is 1.91. The number of hydrogen-bond acceptors (Lipinski definition) is 2. The van der Waals surface area contributed by atoms with Crippen LogP contribution >= 0.6 is 11.6 Å². The topological polar surface area (TPSA) is 29.3 Å². The second-order valence-corrected chi connectivity index (χ2v) is 4.45. The molecule has 1 aromatic rings. The van der Waals surface area contributed by atoms with Crippen LogP contribution < -0.4 is 5.73 Å². The molecule has 0 saturated heterocycles. The van der Waals surface area contributed by atoms with E-state index in [0.29, 0.717) is 12.5 Å². The van der Waals surface area contributed by atoms with E-state index in [1.165, 1.54) is 5.56 Å². The zero-order valence-corrected chi connectivity index (χ0v) is 10.2. The lowest BCUT2D eigenvalue weighted by Crippen LogP contribution is -2.20. The largest absolute Gasteiger partial charge is 0.330 e. The van der Waals surface area contributed by atoms with Crippen LogP contribution in [0.4, 0.5) is 0 Å². The van der Waals surface area contributed by atoms with E-state index in [-0.39, 0.29) is 0 Å². The smallest absolute Gasteiger partial charge is 0.0441 e. The minimum Gasteiger partial charge on any atom is -0.330 e. The predicted molar refractivity (Wildman–Crippen MR) is 66.4 cm³/mol. The summed E-state index contributed by atoms with van der Waals surface area (Å²) in [6, 6.07) is 7.95. The lowest BCUT2D eigenvalue weighted by molar-refractivity contribution is 0.382. The van der Waals surface area contributed by atoms with E-state index in [1.807, 2.05) is 18.2 Å². The zero-order chi connectivity index (χ0) is 11.3. The third-order valence-electron chi connectivity index (χ3n) is 2.55. The average molecular weight is 227 g/mol. The van der Waals surface area contributed by atoms with Crippen LogP contribution in [-0.4, -0.2) is 32.1 Å². The first-order chi connectivity index (χ1) is 7.15. The highest BCUT2D eigenvalue weighted by Gasteiger charge is 2.12. The number of nitrogens with two attached hydrogens (primary N) is 1. The molecule has 2 N–H and O–H groups in total. The molecule has 0 radical (unpaired) electrons. The molecule has 1 rings (SSSR count). The molecule has 2 nitrogen and oxygen atoms in total. The number of benzene rings is 1. The summed E-state index contributed by atoms with van der Waals surface area (Å²) < 4.78 is 0. The molecule has 0 fully saturated rings. The van der Waals surface area contributed by atoms with Gasteiger partial charge in [0.05, 0.1) is 0 Å². The van der Waals surface area contributed by atoms with Gasteiger partial charge in [-0.1, -0.05) is 29.8 Å². The Morgan fingerprint density at radius 1 is 1.33 bits per heavy atom. The molecule has 1 atom stereocenters. The highest BCUT2D eigenvalue weighted by molar-refractivity contribution is 6.31. The number of nitrogens with zero attached hydrogens (tertiary/aromatic N) is 1. The van der Waals surface area contributed by atoms with E-state index in [0.717, 1.165) is 18.0 Å². The van der Waals surface area contributed by atoms with Crippen molar-refractivity contribution in [3.05, 3.63) is 34.9 Å². The van der Waals surface area contributed by atoms with E-state index in [2.05, 4.69) is 25.1 Å². The standard InChI is InChI=1S/C12H19ClN2/c1-15(2)8-7-10(9-14)11-5-3-4-6-12(11)13/h3-6,10H,7-9,14H2,1-2H3. The van der Waals surface area contributed by atoms with Crippen molar-refractivity contribution >= 4 is 11.6 Å². The van der Waals surface area contributed by atoms with Crippen molar-refractivity contribution < 1.29 is 0 Å². The summed E-state index contributed by atoms with van der Waals surface area (Å²) in [5, 5.41) is 0.826. The third-order valence-corrected chi connectivity index (χ3v) is 2.90. The van der Waals surface area contributed by atoms with Gasteiger partial charge in [-0.3, -0.25) is 0 Å². The molecule has 0 spiro atoms. The van der Waals surface area contributed by atoms with Gasteiger partial charge in [0.25, 0.3) is 0 Å². The molecule has 3 heteroatoms. The molecule has 15 heavy (non-hydrogen) atoms. The Bertz CT molecular complexity index is 299. The molecular formula is C12H19ClN2. The van der Waals surface area contributed by atoms with Crippen LogP contribution in [0.3, 0.4) is 0 Å². The summed E-state index contributed by atoms with van der Waals surface area (Å²) in [5.41, 5.74) is 6.95. The van der Waals surface area contributed by atoms with Gasteiger partial charge in [-0.15, -0.1) is 0 Å². The number of rotatable bonds is 5. The highest BCUT2D eigenvalue weighted by atomic mass is 35.5. The van der Waals surface area contributed by atoms with Gasteiger partial charge in [-0.25, -0.2) is 0 Å². The second kappa shape index (κ2) is 6.11. The molecule has 0 saturated carbocycles. The van der Waals surface area contributed by atoms with Gasteiger partial charge in [-0.2, -0.15) is 0 Å². The molecule has 0 aromatic heterocycles. The van der Waals surface area contributed by atoms with Crippen LogP contribution in [0.5, 0.6) is 0 Å². The third kappa shape index (κ3) is 3.82. The normalized spacial score (nSPS) is 13.1. The first-order valence-corrected chi connectivity index (χ1v) is 5.62. The summed E-state index contributed by atoms with van der Waals surface area (Å²) in [6.07, 6.45) is 1.05. The summed E-state index contributed by atoms with van der Waals surface area (Å²) >= 11 is 6.14. The van der Waals surface area contributed by atoms with Gasteiger partial charge < -0.3 is 10.6 Å². The minimum absolute atomic E-state index is 0.362. The maximum absolute atomic E-state index is 6.14. The summed E-state index contributed by atoms with van der Waals surface area (Å²) in [4.78, 5) is 2.17. The van der Waals surface area contributed by atoms with Gasteiger partial charge in [-0.05, 0) is 51.2 Å². The molecule has 1 unspecified atom stereocenters. The lowest BCUT2D eigenvalue weighted by Gasteiger charge is -2.19. The Kier molecular flexibility index (Phi) is 5.09. The van der Waals surface area contributed by atoms with Crippen LogP contribution in [-0.2, 0) is 0 Å². The molecule has 1 aromatic carbocycles. The maximum atomic E-state index is 6.14. The summed E-state index contributed by atoms with van der Waals surface area (Å²) in [7, 11) is 4.14. The van der Waals surface area contributed by atoms with Crippen LogP contribution in [0.1, 0.15) is 17.9 Å². The van der Waals surface area contributed by atoms with Crippen molar-refractivity contribution in [2.75, 3.05) is 27.2 Å². The number of halogens is 1. The van der Waals surface area contributed by atoms with E-state index < -0.39 is 0 Å².